The van der Waals surface area contributed by atoms with Crippen molar-refractivity contribution in [1.29, 1.82) is 0 Å². The van der Waals surface area contributed by atoms with E-state index < -0.39 is 0 Å². The van der Waals surface area contributed by atoms with Gasteiger partial charge in [0.2, 0.25) is 0 Å². The average molecular weight is 241 g/mol. The van der Waals surface area contributed by atoms with Gasteiger partial charge in [0, 0.05) is 10.8 Å². The first-order chi connectivity index (χ1) is 8.31. The molecule has 0 aromatic heterocycles. The van der Waals surface area contributed by atoms with E-state index in [4.69, 9.17) is 11.6 Å². The van der Waals surface area contributed by atoms with Gasteiger partial charge in [0.1, 0.15) is 0 Å². The van der Waals surface area contributed by atoms with Gasteiger partial charge in [0.25, 0.3) is 0 Å². The summed E-state index contributed by atoms with van der Waals surface area (Å²) < 4.78 is 0. The summed E-state index contributed by atoms with van der Waals surface area (Å²) in [6.45, 7) is 2.17. The lowest BCUT2D eigenvalue weighted by Crippen LogP contribution is -1.86. The van der Waals surface area contributed by atoms with Crippen LogP contribution in [0.5, 0.6) is 0 Å². The molecule has 0 aliphatic heterocycles. The number of halogens is 1. The van der Waals surface area contributed by atoms with Crippen molar-refractivity contribution in [3.8, 4) is 0 Å². The lowest BCUT2D eigenvalue weighted by atomic mass is 9.98. The van der Waals surface area contributed by atoms with Crippen LogP contribution >= 0.6 is 11.6 Å². The zero-order valence-electron chi connectivity index (χ0n) is 9.70. The molecule has 0 fully saturated rings. The fourth-order valence-electron chi connectivity index (χ4n) is 2.43. The van der Waals surface area contributed by atoms with Gasteiger partial charge < -0.3 is 0 Å². The Morgan fingerprint density at radius 1 is 0.941 bits per heavy atom. The summed E-state index contributed by atoms with van der Waals surface area (Å²) in [5.74, 6) is 0. The van der Waals surface area contributed by atoms with Crippen molar-refractivity contribution in [3.63, 3.8) is 0 Å². The van der Waals surface area contributed by atoms with Gasteiger partial charge in [-0.05, 0) is 28.8 Å². The SMILES string of the molecule is CCc1cccc2cc3ccccc3c(Cl)c12. The Morgan fingerprint density at radius 2 is 1.71 bits per heavy atom. The number of hydrogen-bond donors (Lipinski definition) is 0. The molecule has 0 bridgehead atoms. The summed E-state index contributed by atoms with van der Waals surface area (Å²) in [5, 5.41) is 5.67. The molecular formula is C16H13Cl. The number of aryl methyl sites for hydroxylation is 1. The van der Waals surface area contributed by atoms with Gasteiger partial charge >= 0.3 is 0 Å². The van der Waals surface area contributed by atoms with Gasteiger partial charge in [-0.25, -0.2) is 0 Å². The third kappa shape index (κ3) is 1.60. The minimum atomic E-state index is 0.885. The second-order valence-corrected chi connectivity index (χ2v) is 4.66. The van der Waals surface area contributed by atoms with Gasteiger partial charge in [-0.3, -0.25) is 0 Å². The average Bonchev–Trinajstić information content (AvgIpc) is 2.38. The topological polar surface area (TPSA) is 0 Å². The maximum absolute atomic E-state index is 6.56. The quantitative estimate of drug-likeness (QED) is 0.513. The highest BCUT2D eigenvalue weighted by Crippen LogP contribution is 2.34. The fourth-order valence-corrected chi connectivity index (χ4v) is 2.83. The second-order valence-electron chi connectivity index (χ2n) is 4.28. The highest BCUT2D eigenvalue weighted by Gasteiger charge is 2.07. The van der Waals surface area contributed by atoms with E-state index in [1.165, 1.54) is 21.7 Å². The molecule has 3 aromatic carbocycles. The molecule has 0 nitrogen and oxygen atoms in total. The number of fused-ring (bicyclic) bond motifs is 2. The molecule has 0 radical (unpaired) electrons. The molecule has 0 N–H and O–H groups in total. The third-order valence-electron chi connectivity index (χ3n) is 3.29. The first-order valence-corrected chi connectivity index (χ1v) is 6.28. The van der Waals surface area contributed by atoms with Crippen molar-refractivity contribution >= 4 is 33.1 Å². The van der Waals surface area contributed by atoms with Crippen LogP contribution in [0.1, 0.15) is 12.5 Å². The minimum Gasteiger partial charge on any atom is -0.0830 e. The molecule has 17 heavy (non-hydrogen) atoms. The highest BCUT2D eigenvalue weighted by molar-refractivity contribution is 6.41. The van der Waals surface area contributed by atoms with Crippen molar-refractivity contribution in [3.05, 3.63) is 59.1 Å². The van der Waals surface area contributed by atoms with Crippen molar-refractivity contribution in [2.45, 2.75) is 13.3 Å². The second kappa shape index (κ2) is 4.05. The molecular weight excluding hydrogens is 228 g/mol. The number of rotatable bonds is 1. The maximum atomic E-state index is 6.56. The summed E-state index contributed by atoms with van der Waals surface area (Å²) in [7, 11) is 0. The molecule has 0 heterocycles. The molecule has 0 saturated carbocycles. The van der Waals surface area contributed by atoms with E-state index in [1.807, 2.05) is 12.1 Å². The van der Waals surface area contributed by atoms with Crippen LogP contribution in [0, 0.1) is 0 Å². The van der Waals surface area contributed by atoms with E-state index in [1.54, 1.807) is 0 Å². The van der Waals surface area contributed by atoms with Crippen LogP contribution in [0.2, 0.25) is 5.02 Å². The zero-order valence-corrected chi connectivity index (χ0v) is 10.5. The van der Waals surface area contributed by atoms with Crippen LogP contribution in [-0.4, -0.2) is 0 Å². The molecule has 0 unspecified atom stereocenters. The smallest absolute Gasteiger partial charge is 0.0565 e. The standard InChI is InChI=1S/C16H13Cl/c1-2-11-7-5-8-13-10-12-6-3-4-9-14(12)16(17)15(11)13/h3-10H,2H2,1H3. The van der Waals surface area contributed by atoms with Gasteiger partial charge in [-0.1, -0.05) is 61.0 Å². The van der Waals surface area contributed by atoms with E-state index >= 15 is 0 Å². The summed E-state index contributed by atoms with van der Waals surface area (Å²) >= 11 is 6.56. The van der Waals surface area contributed by atoms with Crippen LogP contribution in [0.15, 0.2) is 48.5 Å². The molecule has 1 heteroatoms. The van der Waals surface area contributed by atoms with Crippen LogP contribution in [0.4, 0.5) is 0 Å². The molecule has 0 saturated heterocycles. The van der Waals surface area contributed by atoms with Gasteiger partial charge in [0.05, 0.1) is 5.02 Å². The van der Waals surface area contributed by atoms with E-state index in [9.17, 15) is 0 Å². The Hall–Kier alpha value is -1.53. The van der Waals surface area contributed by atoms with Crippen molar-refractivity contribution in [2.75, 3.05) is 0 Å². The molecule has 3 rings (SSSR count). The molecule has 3 aromatic rings. The van der Waals surface area contributed by atoms with E-state index in [0.717, 1.165) is 16.8 Å². The van der Waals surface area contributed by atoms with Crippen molar-refractivity contribution in [1.82, 2.24) is 0 Å². The van der Waals surface area contributed by atoms with Crippen molar-refractivity contribution in [2.24, 2.45) is 0 Å². The fraction of sp³-hybridized carbons (Fsp3) is 0.125. The number of benzene rings is 3. The Bertz CT molecular complexity index is 698. The number of hydrogen-bond acceptors (Lipinski definition) is 0. The van der Waals surface area contributed by atoms with Crippen LogP contribution in [0.25, 0.3) is 21.5 Å². The normalized spacial score (nSPS) is 11.2. The van der Waals surface area contributed by atoms with Crippen molar-refractivity contribution < 1.29 is 0 Å². The third-order valence-corrected chi connectivity index (χ3v) is 3.68. The van der Waals surface area contributed by atoms with Crippen LogP contribution < -0.4 is 0 Å². The van der Waals surface area contributed by atoms with E-state index in [2.05, 4.69) is 43.3 Å². The first-order valence-electron chi connectivity index (χ1n) is 5.90. The van der Waals surface area contributed by atoms with Gasteiger partial charge in [0.15, 0.2) is 0 Å². The van der Waals surface area contributed by atoms with E-state index in [-0.39, 0.29) is 0 Å². The lowest BCUT2D eigenvalue weighted by molar-refractivity contribution is 1.16. The minimum absolute atomic E-state index is 0.885. The predicted octanol–water partition coefficient (Wildman–Crippen LogP) is 5.21. The molecule has 0 amide bonds. The summed E-state index contributed by atoms with van der Waals surface area (Å²) in [6.07, 6.45) is 1.01. The molecule has 84 valence electrons. The maximum Gasteiger partial charge on any atom is 0.0565 e. The van der Waals surface area contributed by atoms with Gasteiger partial charge in [-0.2, -0.15) is 0 Å². The molecule has 0 spiro atoms. The highest BCUT2D eigenvalue weighted by atomic mass is 35.5. The summed E-state index contributed by atoms with van der Waals surface area (Å²) in [4.78, 5) is 0. The molecule has 0 atom stereocenters. The molecule has 0 aliphatic rings. The summed E-state index contributed by atoms with van der Waals surface area (Å²) in [6, 6.07) is 16.9. The van der Waals surface area contributed by atoms with Crippen LogP contribution in [0.3, 0.4) is 0 Å². The molecule has 0 aliphatic carbocycles. The monoisotopic (exact) mass is 240 g/mol. The predicted molar refractivity (Wildman–Crippen MR) is 75.8 cm³/mol. The lowest BCUT2D eigenvalue weighted by Gasteiger charge is -2.09. The summed E-state index contributed by atoms with van der Waals surface area (Å²) in [5.41, 5.74) is 1.32. The first kappa shape index (κ1) is 10.6. The largest absolute Gasteiger partial charge is 0.0830 e. The Balaban J connectivity index is 2.55. The Kier molecular flexibility index (Phi) is 2.53. The zero-order chi connectivity index (χ0) is 11.8. The van der Waals surface area contributed by atoms with Gasteiger partial charge in [-0.15, -0.1) is 0 Å². The Morgan fingerprint density at radius 3 is 2.53 bits per heavy atom. The van der Waals surface area contributed by atoms with E-state index in [0.29, 0.717) is 0 Å². The Labute approximate surface area is 106 Å². The van der Waals surface area contributed by atoms with Crippen LogP contribution in [-0.2, 0) is 6.42 Å².